The Kier molecular flexibility index (Phi) is 4.11. The smallest absolute Gasteiger partial charge is 0.273 e. The van der Waals surface area contributed by atoms with Crippen molar-refractivity contribution in [1.82, 2.24) is 19.4 Å². The van der Waals surface area contributed by atoms with Crippen molar-refractivity contribution in [2.75, 3.05) is 26.2 Å². The second kappa shape index (κ2) is 6.29. The number of amides is 2. The highest BCUT2D eigenvalue weighted by molar-refractivity contribution is 7.07. The molecule has 0 aromatic carbocycles. The average molecular weight is 358 g/mol. The van der Waals surface area contributed by atoms with Gasteiger partial charge in [-0.2, -0.15) is 0 Å². The first-order valence-electron chi connectivity index (χ1n) is 8.66. The highest BCUT2D eigenvalue weighted by Crippen LogP contribution is 2.41. The molecule has 0 radical (unpaired) electrons. The van der Waals surface area contributed by atoms with Crippen molar-refractivity contribution in [3.63, 3.8) is 0 Å². The second-order valence-corrected chi connectivity index (χ2v) is 7.87. The number of rotatable bonds is 2. The van der Waals surface area contributed by atoms with Gasteiger partial charge in [-0.1, -0.05) is 0 Å². The molecule has 7 heteroatoms. The number of aryl methyl sites for hydroxylation is 1. The molecule has 4 rings (SSSR count). The van der Waals surface area contributed by atoms with Crippen molar-refractivity contribution < 1.29 is 9.59 Å². The molecule has 4 heterocycles. The third kappa shape index (κ3) is 2.97. The molecule has 0 unspecified atom stereocenters. The number of hydrogen-bond acceptors (Lipinski definition) is 4. The third-order valence-electron chi connectivity index (χ3n) is 5.65. The summed E-state index contributed by atoms with van der Waals surface area (Å²) < 4.78 is 1.87. The van der Waals surface area contributed by atoms with Gasteiger partial charge < -0.3 is 14.4 Å². The summed E-state index contributed by atoms with van der Waals surface area (Å²) in [5, 5.41) is 1.81. The molecule has 0 atom stereocenters. The van der Waals surface area contributed by atoms with Gasteiger partial charge in [0.1, 0.15) is 11.4 Å². The van der Waals surface area contributed by atoms with E-state index >= 15 is 0 Å². The number of hydrogen-bond donors (Lipinski definition) is 0. The van der Waals surface area contributed by atoms with Crippen molar-refractivity contribution in [2.24, 2.45) is 12.5 Å². The Balaban J connectivity index is 1.38. The van der Waals surface area contributed by atoms with Crippen LogP contribution in [0.15, 0.2) is 29.2 Å². The number of thiazole rings is 1. The van der Waals surface area contributed by atoms with E-state index in [1.54, 1.807) is 5.51 Å². The van der Waals surface area contributed by atoms with Gasteiger partial charge in [0.15, 0.2) is 0 Å². The van der Waals surface area contributed by atoms with E-state index in [-0.39, 0.29) is 17.2 Å². The number of piperidine rings is 1. The summed E-state index contributed by atoms with van der Waals surface area (Å²) >= 11 is 1.45. The maximum absolute atomic E-state index is 12.6. The van der Waals surface area contributed by atoms with E-state index in [9.17, 15) is 9.59 Å². The van der Waals surface area contributed by atoms with Crippen LogP contribution in [-0.4, -0.2) is 57.3 Å². The van der Waals surface area contributed by atoms with E-state index in [0.29, 0.717) is 5.69 Å². The van der Waals surface area contributed by atoms with E-state index in [2.05, 4.69) is 4.98 Å². The van der Waals surface area contributed by atoms with Gasteiger partial charge in [-0.25, -0.2) is 4.98 Å². The van der Waals surface area contributed by atoms with Gasteiger partial charge in [-0.15, -0.1) is 11.3 Å². The van der Waals surface area contributed by atoms with Crippen LogP contribution in [-0.2, 0) is 7.05 Å². The van der Waals surface area contributed by atoms with Crippen molar-refractivity contribution in [3.05, 3.63) is 40.6 Å². The summed E-state index contributed by atoms with van der Waals surface area (Å²) in [6.07, 6.45) is 4.85. The summed E-state index contributed by atoms with van der Waals surface area (Å²) in [6.45, 7) is 3.11. The molecule has 0 saturated carbocycles. The maximum atomic E-state index is 12.6. The van der Waals surface area contributed by atoms with E-state index in [4.69, 9.17) is 0 Å². The molecule has 0 bridgehead atoms. The van der Waals surface area contributed by atoms with Crippen molar-refractivity contribution in [1.29, 1.82) is 0 Å². The van der Waals surface area contributed by atoms with Crippen LogP contribution in [0.25, 0.3) is 0 Å². The van der Waals surface area contributed by atoms with E-state index in [1.807, 2.05) is 45.1 Å². The van der Waals surface area contributed by atoms with Gasteiger partial charge in [0, 0.05) is 44.8 Å². The molecule has 0 aliphatic carbocycles. The van der Waals surface area contributed by atoms with Crippen molar-refractivity contribution in [2.45, 2.75) is 19.3 Å². The minimum absolute atomic E-state index is 0.0421. The number of carbonyl (C=O) groups is 2. The highest BCUT2D eigenvalue weighted by Gasteiger charge is 2.43. The predicted octanol–water partition coefficient (Wildman–Crippen LogP) is 2.25. The molecule has 1 spiro atoms. The lowest BCUT2D eigenvalue weighted by Crippen LogP contribution is -2.45. The summed E-state index contributed by atoms with van der Waals surface area (Å²) in [7, 11) is 1.90. The Labute approximate surface area is 151 Å². The molecule has 2 amide bonds. The topological polar surface area (TPSA) is 58.4 Å². The van der Waals surface area contributed by atoms with E-state index < -0.39 is 0 Å². The van der Waals surface area contributed by atoms with Crippen molar-refractivity contribution >= 4 is 23.2 Å². The van der Waals surface area contributed by atoms with Crippen LogP contribution in [0, 0.1) is 5.41 Å². The molecule has 2 saturated heterocycles. The van der Waals surface area contributed by atoms with Crippen LogP contribution < -0.4 is 0 Å². The normalized spacial score (nSPS) is 19.6. The lowest BCUT2D eigenvalue weighted by Gasteiger charge is -2.39. The molecule has 2 aliphatic rings. The molecule has 2 fully saturated rings. The molecule has 2 aromatic rings. The fourth-order valence-electron chi connectivity index (χ4n) is 4.03. The molecular formula is C18H22N4O2S. The predicted molar refractivity (Wildman–Crippen MR) is 95.6 cm³/mol. The zero-order valence-corrected chi connectivity index (χ0v) is 15.2. The minimum Gasteiger partial charge on any atom is -0.347 e. The van der Waals surface area contributed by atoms with Crippen LogP contribution in [0.4, 0.5) is 0 Å². The summed E-state index contributed by atoms with van der Waals surface area (Å²) in [5.41, 5.74) is 3.16. The zero-order chi connectivity index (χ0) is 17.4. The van der Waals surface area contributed by atoms with Gasteiger partial charge >= 0.3 is 0 Å². The Morgan fingerprint density at radius 2 is 1.84 bits per heavy atom. The summed E-state index contributed by atoms with van der Waals surface area (Å²) in [4.78, 5) is 33.2. The summed E-state index contributed by atoms with van der Waals surface area (Å²) in [5.74, 6) is 0.149. The van der Waals surface area contributed by atoms with Crippen LogP contribution in [0.2, 0.25) is 0 Å². The molecule has 132 valence electrons. The average Bonchev–Trinajstić information content (AvgIpc) is 3.36. The van der Waals surface area contributed by atoms with Crippen LogP contribution >= 0.6 is 11.3 Å². The molecular weight excluding hydrogens is 336 g/mol. The van der Waals surface area contributed by atoms with E-state index in [0.717, 1.165) is 51.1 Å². The number of likely N-dealkylation sites (tertiary alicyclic amines) is 2. The third-order valence-corrected chi connectivity index (χ3v) is 6.24. The molecule has 25 heavy (non-hydrogen) atoms. The quantitative estimate of drug-likeness (QED) is 0.827. The fourth-order valence-corrected chi connectivity index (χ4v) is 4.55. The van der Waals surface area contributed by atoms with Crippen LogP contribution in [0.5, 0.6) is 0 Å². The number of nitrogens with zero attached hydrogens (tertiary/aromatic N) is 4. The van der Waals surface area contributed by atoms with Crippen molar-refractivity contribution in [3.8, 4) is 0 Å². The lowest BCUT2D eigenvalue weighted by molar-refractivity contribution is 0.0557. The Bertz CT molecular complexity index is 775. The minimum atomic E-state index is 0.0421. The standard InChI is InChI=1S/C18H22N4O2S/c1-20-7-2-3-15(20)17(24)21-8-4-18(5-9-21)6-10-22(12-18)16(23)14-11-25-13-19-14/h2-3,7,11,13H,4-6,8-10,12H2,1H3. The SMILES string of the molecule is Cn1cccc1C(=O)N1CCC2(CCN(C(=O)c3cscn3)C2)CC1. The number of aromatic nitrogens is 2. The lowest BCUT2D eigenvalue weighted by atomic mass is 9.77. The maximum Gasteiger partial charge on any atom is 0.273 e. The van der Waals surface area contributed by atoms with E-state index in [1.165, 1.54) is 11.3 Å². The molecule has 2 aromatic heterocycles. The van der Waals surface area contributed by atoms with Gasteiger partial charge in [0.25, 0.3) is 11.8 Å². The number of carbonyl (C=O) groups excluding carboxylic acids is 2. The monoisotopic (exact) mass is 358 g/mol. The Morgan fingerprint density at radius 1 is 1.12 bits per heavy atom. The molecule has 6 nitrogen and oxygen atoms in total. The Hall–Kier alpha value is -2.15. The molecule has 0 N–H and O–H groups in total. The van der Waals surface area contributed by atoms with Crippen LogP contribution in [0.1, 0.15) is 40.2 Å². The first kappa shape index (κ1) is 16.3. The molecule has 2 aliphatic heterocycles. The Morgan fingerprint density at radius 3 is 2.44 bits per heavy atom. The first-order chi connectivity index (χ1) is 12.1. The largest absolute Gasteiger partial charge is 0.347 e. The van der Waals surface area contributed by atoms with Crippen LogP contribution in [0.3, 0.4) is 0 Å². The highest BCUT2D eigenvalue weighted by atomic mass is 32.1. The second-order valence-electron chi connectivity index (χ2n) is 7.15. The van der Waals surface area contributed by atoms with Gasteiger partial charge in [0.2, 0.25) is 0 Å². The van der Waals surface area contributed by atoms with Gasteiger partial charge in [-0.05, 0) is 36.8 Å². The zero-order valence-electron chi connectivity index (χ0n) is 14.4. The van der Waals surface area contributed by atoms with Gasteiger partial charge in [-0.3, -0.25) is 9.59 Å². The first-order valence-corrected chi connectivity index (χ1v) is 9.60. The summed E-state index contributed by atoms with van der Waals surface area (Å²) in [6, 6.07) is 3.77. The fraction of sp³-hybridized carbons (Fsp3) is 0.500. The van der Waals surface area contributed by atoms with Gasteiger partial charge in [0.05, 0.1) is 5.51 Å².